The van der Waals surface area contributed by atoms with Gasteiger partial charge in [0.15, 0.2) is 39.8 Å². The number of aromatic nitrogens is 4. The lowest BCUT2D eigenvalue weighted by molar-refractivity contribution is 0.0827. The Labute approximate surface area is 175 Å². The second-order valence-electron chi connectivity index (χ2n) is 7.44. The SMILES string of the molecule is CCn1c(-c2sc(N)nc2C2CC2)nnc1C(C)(C)Oc1c(F)cc(Cl)cc1F. The summed E-state index contributed by atoms with van der Waals surface area (Å²) in [5.74, 6) is -0.795. The van der Waals surface area contributed by atoms with Crippen LogP contribution in [0.2, 0.25) is 5.02 Å². The maximum absolute atomic E-state index is 14.2. The molecule has 1 aromatic carbocycles. The van der Waals surface area contributed by atoms with Crippen LogP contribution in [0.15, 0.2) is 12.1 Å². The molecule has 0 aliphatic heterocycles. The summed E-state index contributed by atoms with van der Waals surface area (Å²) >= 11 is 7.07. The Morgan fingerprint density at radius 3 is 2.52 bits per heavy atom. The van der Waals surface area contributed by atoms with E-state index in [1.807, 2.05) is 11.5 Å². The lowest BCUT2D eigenvalue weighted by Crippen LogP contribution is -2.30. The Balaban J connectivity index is 1.74. The summed E-state index contributed by atoms with van der Waals surface area (Å²) in [5, 5.41) is 9.08. The number of benzene rings is 1. The molecular weight excluding hydrogens is 420 g/mol. The van der Waals surface area contributed by atoms with Gasteiger partial charge in [0, 0.05) is 17.5 Å². The third-order valence-electron chi connectivity index (χ3n) is 4.76. The van der Waals surface area contributed by atoms with Gasteiger partial charge in [0.25, 0.3) is 0 Å². The van der Waals surface area contributed by atoms with Gasteiger partial charge in [-0.25, -0.2) is 13.8 Å². The average Bonchev–Trinajstić information content (AvgIpc) is 3.26. The number of halogens is 3. The molecule has 0 saturated heterocycles. The molecule has 0 bridgehead atoms. The topological polar surface area (TPSA) is 78.9 Å². The molecule has 10 heteroatoms. The minimum absolute atomic E-state index is 0.0421. The van der Waals surface area contributed by atoms with Crippen LogP contribution in [-0.4, -0.2) is 19.7 Å². The first-order valence-electron chi connectivity index (χ1n) is 9.25. The first-order valence-corrected chi connectivity index (χ1v) is 10.4. The van der Waals surface area contributed by atoms with Crippen LogP contribution in [-0.2, 0) is 12.1 Å². The zero-order valence-corrected chi connectivity index (χ0v) is 17.7. The molecule has 1 fully saturated rings. The van der Waals surface area contributed by atoms with Crippen molar-refractivity contribution in [3.05, 3.63) is 40.3 Å². The zero-order valence-electron chi connectivity index (χ0n) is 16.2. The minimum atomic E-state index is -1.16. The molecule has 2 aromatic heterocycles. The summed E-state index contributed by atoms with van der Waals surface area (Å²) in [6, 6.07) is 2.02. The predicted octanol–water partition coefficient (Wildman–Crippen LogP) is 5.13. The van der Waals surface area contributed by atoms with Crippen molar-refractivity contribution in [2.24, 2.45) is 0 Å². The fourth-order valence-corrected chi connectivity index (χ4v) is 4.39. The van der Waals surface area contributed by atoms with Crippen molar-refractivity contribution in [1.29, 1.82) is 0 Å². The molecule has 6 nitrogen and oxygen atoms in total. The van der Waals surface area contributed by atoms with Crippen LogP contribution in [0.1, 0.15) is 51.0 Å². The number of rotatable bonds is 6. The van der Waals surface area contributed by atoms with E-state index in [-0.39, 0.29) is 5.02 Å². The van der Waals surface area contributed by atoms with E-state index in [1.54, 1.807) is 13.8 Å². The van der Waals surface area contributed by atoms with Crippen LogP contribution in [0.5, 0.6) is 5.75 Å². The zero-order chi connectivity index (χ0) is 20.9. The first kappa shape index (κ1) is 20.0. The number of ether oxygens (including phenoxy) is 1. The first-order chi connectivity index (χ1) is 13.7. The largest absolute Gasteiger partial charge is 0.474 e. The quantitative estimate of drug-likeness (QED) is 0.576. The number of hydrogen-bond acceptors (Lipinski definition) is 6. The number of hydrogen-bond donors (Lipinski definition) is 1. The number of nitrogens with zero attached hydrogens (tertiary/aromatic N) is 4. The van der Waals surface area contributed by atoms with Gasteiger partial charge in [-0.3, -0.25) is 0 Å². The van der Waals surface area contributed by atoms with E-state index >= 15 is 0 Å². The van der Waals surface area contributed by atoms with Gasteiger partial charge in [0.05, 0.1) is 10.6 Å². The lowest BCUT2D eigenvalue weighted by Gasteiger charge is -2.26. The standard InChI is InChI=1S/C19H20ClF2N5OS/c1-4-27-16(15-13(9-5-6-9)24-18(23)29-15)25-26-17(27)19(2,3)28-14-11(21)7-10(20)8-12(14)22/h7-9H,4-6H2,1-3H3,(H2,23,24). The van der Waals surface area contributed by atoms with Crippen molar-refractivity contribution in [2.45, 2.75) is 51.7 Å². The summed E-state index contributed by atoms with van der Waals surface area (Å²) in [4.78, 5) is 5.35. The van der Waals surface area contributed by atoms with Crippen molar-refractivity contribution in [3.8, 4) is 16.5 Å². The van der Waals surface area contributed by atoms with Crippen LogP contribution in [0.25, 0.3) is 10.7 Å². The normalized spacial score (nSPS) is 14.4. The van der Waals surface area contributed by atoms with Crippen molar-refractivity contribution >= 4 is 28.1 Å². The summed E-state index contributed by atoms with van der Waals surface area (Å²) in [7, 11) is 0. The average molecular weight is 440 g/mol. The predicted molar refractivity (Wildman–Crippen MR) is 108 cm³/mol. The van der Waals surface area contributed by atoms with Crippen molar-refractivity contribution in [2.75, 3.05) is 5.73 Å². The molecular formula is C19H20ClF2N5OS. The van der Waals surface area contributed by atoms with Gasteiger partial charge < -0.3 is 15.0 Å². The second-order valence-corrected chi connectivity index (χ2v) is 8.91. The highest BCUT2D eigenvalue weighted by atomic mass is 35.5. The van der Waals surface area contributed by atoms with E-state index in [0.717, 1.165) is 35.5 Å². The molecule has 0 unspecified atom stereocenters. The van der Waals surface area contributed by atoms with Gasteiger partial charge in [-0.05, 0) is 45.7 Å². The monoisotopic (exact) mass is 439 g/mol. The molecule has 1 saturated carbocycles. The van der Waals surface area contributed by atoms with Gasteiger partial charge in [-0.1, -0.05) is 22.9 Å². The Bertz CT molecular complexity index is 1050. The molecule has 0 radical (unpaired) electrons. The number of anilines is 1. The molecule has 154 valence electrons. The highest BCUT2D eigenvalue weighted by Gasteiger charge is 2.36. The van der Waals surface area contributed by atoms with Crippen molar-refractivity contribution < 1.29 is 13.5 Å². The van der Waals surface area contributed by atoms with Crippen LogP contribution >= 0.6 is 22.9 Å². The minimum Gasteiger partial charge on any atom is -0.474 e. The maximum atomic E-state index is 14.2. The maximum Gasteiger partial charge on any atom is 0.192 e. The summed E-state index contributed by atoms with van der Waals surface area (Å²) in [5.41, 5.74) is 5.72. The van der Waals surface area contributed by atoms with Crippen molar-refractivity contribution in [3.63, 3.8) is 0 Å². The van der Waals surface area contributed by atoms with Crippen LogP contribution in [0.3, 0.4) is 0 Å². The number of nitrogens with two attached hydrogens (primary N) is 1. The number of nitrogen functional groups attached to an aromatic ring is 1. The Kier molecular flexibility index (Phi) is 4.98. The highest BCUT2D eigenvalue weighted by molar-refractivity contribution is 7.18. The fraction of sp³-hybridized carbons (Fsp3) is 0.421. The third kappa shape index (κ3) is 3.69. The molecule has 2 N–H and O–H groups in total. The Morgan fingerprint density at radius 2 is 1.93 bits per heavy atom. The van der Waals surface area contributed by atoms with Gasteiger partial charge in [-0.2, -0.15) is 0 Å². The molecule has 3 aromatic rings. The van der Waals surface area contributed by atoms with Crippen LogP contribution < -0.4 is 10.5 Å². The van der Waals surface area contributed by atoms with E-state index < -0.39 is 23.0 Å². The smallest absolute Gasteiger partial charge is 0.192 e. The lowest BCUT2D eigenvalue weighted by atomic mass is 10.1. The molecule has 0 amide bonds. The van der Waals surface area contributed by atoms with Gasteiger partial charge in [0.1, 0.15) is 0 Å². The summed E-state index contributed by atoms with van der Waals surface area (Å²) < 4.78 is 36.1. The van der Waals surface area contributed by atoms with E-state index in [2.05, 4.69) is 15.2 Å². The van der Waals surface area contributed by atoms with Crippen LogP contribution in [0, 0.1) is 11.6 Å². The van der Waals surface area contributed by atoms with E-state index in [0.29, 0.717) is 29.2 Å². The second kappa shape index (κ2) is 7.21. The Morgan fingerprint density at radius 1 is 1.28 bits per heavy atom. The third-order valence-corrected chi connectivity index (χ3v) is 5.88. The van der Waals surface area contributed by atoms with Crippen molar-refractivity contribution in [1.82, 2.24) is 19.7 Å². The fourth-order valence-electron chi connectivity index (χ4n) is 3.29. The van der Waals surface area contributed by atoms with Gasteiger partial charge in [-0.15, -0.1) is 10.2 Å². The van der Waals surface area contributed by atoms with E-state index in [4.69, 9.17) is 22.1 Å². The molecule has 1 aliphatic carbocycles. The van der Waals surface area contributed by atoms with Gasteiger partial charge >= 0.3 is 0 Å². The van der Waals surface area contributed by atoms with E-state index in [1.165, 1.54) is 11.3 Å². The summed E-state index contributed by atoms with van der Waals surface area (Å²) in [6.45, 7) is 5.85. The molecule has 29 heavy (non-hydrogen) atoms. The van der Waals surface area contributed by atoms with Crippen LogP contribution in [0.4, 0.5) is 13.9 Å². The molecule has 2 heterocycles. The molecule has 4 rings (SSSR count). The van der Waals surface area contributed by atoms with E-state index in [9.17, 15) is 8.78 Å². The highest BCUT2D eigenvalue weighted by Crippen LogP contribution is 2.46. The van der Waals surface area contributed by atoms with Gasteiger partial charge in [0.2, 0.25) is 0 Å². The number of thiazole rings is 1. The molecule has 1 aliphatic rings. The summed E-state index contributed by atoms with van der Waals surface area (Å²) in [6.07, 6.45) is 2.15. The Hall–Kier alpha value is -2.26. The molecule has 0 spiro atoms. The molecule has 0 atom stereocenters.